The van der Waals surface area contributed by atoms with Gasteiger partial charge in [0, 0.05) is 30.9 Å². The van der Waals surface area contributed by atoms with Crippen LogP contribution in [0.1, 0.15) is 42.1 Å². The predicted octanol–water partition coefficient (Wildman–Crippen LogP) is 5.43. The van der Waals surface area contributed by atoms with Gasteiger partial charge in [0.2, 0.25) is 0 Å². The number of amides is 3. The van der Waals surface area contributed by atoms with Crippen molar-refractivity contribution in [2.75, 3.05) is 22.5 Å². The molecule has 0 saturated carbocycles. The Balaban J connectivity index is 1.80. The van der Waals surface area contributed by atoms with Crippen LogP contribution in [0.2, 0.25) is 0 Å². The first-order valence-electron chi connectivity index (χ1n) is 11.8. The summed E-state index contributed by atoms with van der Waals surface area (Å²) in [6.07, 6.45) is 3.19. The number of carboxylic acid groups (broad SMARTS) is 1. The average Bonchev–Trinajstić information content (AvgIpc) is 2.88. The number of rotatable bonds is 11. The minimum absolute atomic E-state index is 0.0187. The van der Waals surface area contributed by atoms with Crippen LogP contribution in [0.4, 0.5) is 40.8 Å². The summed E-state index contributed by atoms with van der Waals surface area (Å²) in [6.45, 7) is 2.06. The van der Waals surface area contributed by atoms with Crippen molar-refractivity contribution in [3.8, 4) is 0 Å². The number of hydrogen-bond donors (Lipinski definition) is 5. The van der Waals surface area contributed by atoms with Crippen LogP contribution in [0, 0.1) is 17.5 Å². The molecule has 1 aromatic heterocycles. The fraction of sp³-hybridized carbons (Fsp3) is 0.231. The largest absolute Gasteiger partial charge is 0.481 e. The second-order valence-corrected chi connectivity index (χ2v) is 8.20. The van der Waals surface area contributed by atoms with E-state index in [1.54, 1.807) is 31.2 Å². The van der Waals surface area contributed by atoms with E-state index in [9.17, 15) is 27.6 Å². The van der Waals surface area contributed by atoms with Gasteiger partial charge in [-0.25, -0.2) is 22.9 Å². The summed E-state index contributed by atoms with van der Waals surface area (Å²) in [5, 5.41) is 18.9. The maximum absolute atomic E-state index is 14.3. The lowest BCUT2D eigenvalue weighted by Gasteiger charge is -2.15. The number of aryl methyl sites for hydroxylation is 1. The highest BCUT2D eigenvalue weighted by Crippen LogP contribution is 2.28. The molecule has 0 atom stereocenters. The number of hydrogen-bond acceptors (Lipinski definition) is 5. The Hall–Kier alpha value is -4.61. The van der Waals surface area contributed by atoms with E-state index in [0.29, 0.717) is 31.5 Å². The molecule has 12 heteroatoms. The van der Waals surface area contributed by atoms with Gasteiger partial charge in [0.25, 0.3) is 5.91 Å². The highest BCUT2D eigenvalue weighted by atomic mass is 19.2. The molecule has 3 amide bonds. The van der Waals surface area contributed by atoms with Crippen molar-refractivity contribution in [1.29, 1.82) is 0 Å². The molecule has 3 aromatic rings. The van der Waals surface area contributed by atoms with Crippen molar-refractivity contribution >= 4 is 40.8 Å². The number of anilines is 4. The van der Waals surface area contributed by atoms with E-state index in [0.717, 1.165) is 23.9 Å². The van der Waals surface area contributed by atoms with Gasteiger partial charge < -0.3 is 21.1 Å². The van der Waals surface area contributed by atoms with Crippen LogP contribution >= 0.6 is 0 Å². The van der Waals surface area contributed by atoms with E-state index >= 15 is 0 Å². The smallest absolute Gasteiger partial charge is 0.320 e. The van der Waals surface area contributed by atoms with E-state index in [-0.39, 0.29) is 23.5 Å². The Kier molecular flexibility index (Phi) is 9.63. The molecule has 0 spiro atoms. The first kappa shape index (κ1) is 28.0. The summed E-state index contributed by atoms with van der Waals surface area (Å²) in [5.74, 6) is -5.99. The Bertz CT molecular complexity index is 1320. The number of unbranched alkanes of at least 4 members (excludes halogenated alkanes) is 1. The highest BCUT2D eigenvalue weighted by Gasteiger charge is 2.19. The lowest BCUT2D eigenvalue weighted by molar-refractivity contribution is -0.137. The van der Waals surface area contributed by atoms with Gasteiger partial charge in [-0.05, 0) is 56.0 Å². The van der Waals surface area contributed by atoms with Crippen LogP contribution in [0.3, 0.4) is 0 Å². The fourth-order valence-corrected chi connectivity index (χ4v) is 3.46. The zero-order valence-electron chi connectivity index (χ0n) is 20.4. The number of carboxylic acids is 1. The predicted molar refractivity (Wildman–Crippen MR) is 136 cm³/mol. The van der Waals surface area contributed by atoms with E-state index in [4.69, 9.17) is 5.11 Å². The minimum atomic E-state index is -1.68. The molecule has 0 aliphatic rings. The Labute approximate surface area is 216 Å². The maximum Gasteiger partial charge on any atom is 0.320 e. The first-order chi connectivity index (χ1) is 18.2. The van der Waals surface area contributed by atoms with Crippen molar-refractivity contribution in [1.82, 2.24) is 10.3 Å². The fourth-order valence-electron chi connectivity index (χ4n) is 3.46. The molecule has 2 aromatic carbocycles. The van der Waals surface area contributed by atoms with E-state index < -0.39 is 41.0 Å². The third kappa shape index (κ3) is 7.69. The molecule has 0 aliphatic carbocycles. The van der Waals surface area contributed by atoms with Gasteiger partial charge in [0.1, 0.15) is 5.82 Å². The number of carbonyl (C=O) groups excluding carboxylic acids is 2. The number of carbonyl (C=O) groups is 3. The molecule has 5 N–H and O–H groups in total. The third-order valence-corrected chi connectivity index (χ3v) is 5.35. The molecule has 0 saturated heterocycles. The van der Waals surface area contributed by atoms with Crippen LogP contribution < -0.4 is 21.3 Å². The van der Waals surface area contributed by atoms with Gasteiger partial charge in [0.15, 0.2) is 17.5 Å². The molecule has 1 heterocycles. The molecule has 0 radical (unpaired) electrons. The van der Waals surface area contributed by atoms with E-state index in [1.165, 1.54) is 6.07 Å². The summed E-state index contributed by atoms with van der Waals surface area (Å²) < 4.78 is 41.5. The van der Waals surface area contributed by atoms with Crippen LogP contribution in [0.15, 0.2) is 48.7 Å². The van der Waals surface area contributed by atoms with Crippen molar-refractivity contribution in [3.05, 3.63) is 77.2 Å². The van der Waals surface area contributed by atoms with Gasteiger partial charge in [-0.3, -0.25) is 14.9 Å². The number of urea groups is 1. The Morgan fingerprint density at radius 3 is 2.34 bits per heavy atom. The maximum atomic E-state index is 14.3. The number of nitrogens with one attached hydrogen (secondary N) is 4. The molecular formula is C26H26F3N5O4. The lowest BCUT2D eigenvalue weighted by atomic mass is 10.1. The molecule has 0 bridgehead atoms. The Morgan fingerprint density at radius 1 is 0.921 bits per heavy atom. The van der Waals surface area contributed by atoms with Gasteiger partial charge in [-0.2, -0.15) is 0 Å². The van der Waals surface area contributed by atoms with E-state index in [1.807, 2.05) is 0 Å². The molecule has 38 heavy (non-hydrogen) atoms. The zero-order chi connectivity index (χ0) is 27.7. The molecule has 9 nitrogen and oxygen atoms in total. The normalized spacial score (nSPS) is 10.5. The summed E-state index contributed by atoms with van der Waals surface area (Å²) in [6, 6.07) is 9.33. The zero-order valence-corrected chi connectivity index (χ0v) is 20.4. The van der Waals surface area contributed by atoms with Gasteiger partial charge in [-0.15, -0.1) is 0 Å². The summed E-state index contributed by atoms with van der Waals surface area (Å²) in [4.78, 5) is 39.6. The molecule has 3 rings (SSSR count). The van der Waals surface area contributed by atoms with Crippen molar-refractivity contribution in [2.45, 2.75) is 32.6 Å². The van der Waals surface area contributed by atoms with Crippen molar-refractivity contribution < 1.29 is 32.7 Å². The van der Waals surface area contributed by atoms with Gasteiger partial charge >= 0.3 is 12.0 Å². The van der Waals surface area contributed by atoms with Crippen molar-refractivity contribution in [2.24, 2.45) is 0 Å². The first-order valence-corrected chi connectivity index (χ1v) is 11.8. The number of halogens is 3. The second-order valence-electron chi connectivity index (χ2n) is 8.20. The summed E-state index contributed by atoms with van der Waals surface area (Å²) >= 11 is 0. The van der Waals surface area contributed by atoms with Crippen molar-refractivity contribution in [3.63, 3.8) is 0 Å². The van der Waals surface area contributed by atoms with Crippen LogP contribution in [0.5, 0.6) is 0 Å². The molecule has 0 unspecified atom stereocenters. The lowest BCUT2D eigenvalue weighted by Crippen LogP contribution is -2.28. The highest BCUT2D eigenvalue weighted by molar-refractivity contribution is 6.08. The standard InChI is InChI=1S/C26H26F3N5O4/c1-2-30-26(38)34-21-13-20(33-19-12-11-18(27)23(28)24(19)29)17(14-31-21)25(37)32-16-9-7-15(8-10-16)5-3-4-6-22(35)36/h7-14H,2-6H2,1H3,(H,32,37)(H,35,36)(H3,30,31,33,34,38). The van der Waals surface area contributed by atoms with Gasteiger partial charge in [-0.1, -0.05) is 12.1 Å². The minimum Gasteiger partial charge on any atom is -0.481 e. The topological polar surface area (TPSA) is 132 Å². The third-order valence-electron chi connectivity index (χ3n) is 5.35. The van der Waals surface area contributed by atoms with Crippen LogP contribution in [-0.2, 0) is 11.2 Å². The summed E-state index contributed by atoms with van der Waals surface area (Å²) in [5.41, 5.74) is 0.892. The Morgan fingerprint density at radius 2 is 1.66 bits per heavy atom. The second kappa shape index (κ2) is 13.1. The summed E-state index contributed by atoms with van der Waals surface area (Å²) in [7, 11) is 0. The monoisotopic (exact) mass is 529 g/mol. The van der Waals surface area contributed by atoms with E-state index in [2.05, 4.69) is 26.3 Å². The van der Waals surface area contributed by atoms with Gasteiger partial charge in [0.05, 0.1) is 16.9 Å². The quantitative estimate of drug-likeness (QED) is 0.166. The number of aliphatic carboxylic acids is 1. The molecule has 0 aliphatic heterocycles. The number of nitrogens with zero attached hydrogens (tertiary/aromatic N) is 1. The number of aromatic nitrogens is 1. The van der Waals surface area contributed by atoms with Crippen LogP contribution in [0.25, 0.3) is 0 Å². The number of benzene rings is 2. The average molecular weight is 530 g/mol. The molecular weight excluding hydrogens is 503 g/mol. The number of pyridine rings is 1. The SMILES string of the molecule is CCNC(=O)Nc1cc(Nc2ccc(F)c(F)c2F)c(C(=O)Nc2ccc(CCCCC(=O)O)cc2)cn1. The molecule has 0 fully saturated rings. The molecule has 200 valence electrons. The van der Waals surface area contributed by atoms with Crippen LogP contribution in [-0.4, -0.2) is 34.5 Å².